The van der Waals surface area contributed by atoms with E-state index in [2.05, 4.69) is 24.9 Å². The summed E-state index contributed by atoms with van der Waals surface area (Å²) in [4.78, 5) is 2.27. The van der Waals surface area contributed by atoms with E-state index in [9.17, 15) is 0 Å². The molecule has 1 aromatic carbocycles. The third-order valence-electron chi connectivity index (χ3n) is 3.28. The van der Waals surface area contributed by atoms with E-state index >= 15 is 0 Å². The number of hydrogen-bond acceptors (Lipinski definition) is 4. The number of hydrogen-bond donors (Lipinski definition) is 1. The first-order chi connectivity index (χ1) is 9.15. The molecule has 108 valence electrons. The van der Waals surface area contributed by atoms with Crippen LogP contribution in [-0.2, 0) is 9.47 Å². The fraction of sp³-hybridized carbons (Fsp3) is 0.600. The van der Waals surface area contributed by atoms with Gasteiger partial charge in [-0.2, -0.15) is 0 Å². The fourth-order valence-corrected chi connectivity index (χ4v) is 1.88. The molecule has 0 aliphatic carbocycles. The van der Waals surface area contributed by atoms with Gasteiger partial charge in [0.2, 0.25) is 0 Å². The molecule has 2 N–H and O–H groups in total. The first-order valence-electron chi connectivity index (χ1n) is 6.77. The Hall–Kier alpha value is -1.10. The van der Waals surface area contributed by atoms with Crippen LogP contribution in [0.3, 0.4) is 0 Å². The van der Waals surface area contributed by atoms with Gasteiger partial charge >= 0.3 is 0 Å². The standard InChI is InChI=1S/C15H26N2O2/c1-13(14-6-4-7-15(16)12-14)17(2)8-11-19-10-5-9-18-3/h4,6-7,12-13H,5,8-11,16H2,1-3H3. The number of likely N-dealkylation sites (N-methyl/N-ethyl adjacent to an activating group) is 1. The summed E-state index contributed by atoms with van der Waals surface area (Å²) in [6.45, 7) is 5.35. The maximum Gasteiger partial charge on any atom is 0.0593 e. The molecule has 1 atom stereocenters. The summed E-state index contributed by atoms with van der Waals surface area (Å²) in [6.07, 6.45) is 0.949. The van der Waals surface area contributed by atoms with Crippen LogP contribution < -0.4 is 5.73 Å². The van der Waals surface area contributed by atoms with E-state index in [0.29, 0.717) is 6.04 Å². The highest BCUT2D eigenvalue weighted by Gasteiger charge is 2.11. The normalized spacial score (nSPS) is 12.8. The summed E-state index contributed by atoms with van der Waals surface area (Å²) in [5, 5.41) is 0. The number of rotatable bonds is 9. The van der Waals surface area contributed by atoms with Gasteiger partial charge in [0.1, 0.15) is 0 Å². The topological polar surface area (TPSA) is 47.7 Å². The number of methoxy groups -OCH3 is 1. The Balaban J connectivity index is 2.27. The zero-order valence-electron chi connectivity index (χ0n) is 12.3. The Morgan fingerprint density at radius 2 is 2.05 bits per heavy atom. The summed E-state index contributed by atoms with van der Waals surface area (Å²) >= 11 is 0. The van der Waals surface area contributed by atoms with E-state index in [-0.39, 0.29) is 0 Å². The minimum Gasteiger partial charge on any atom is -0.399 e. The Morgan fingerprint density at radius 1 is 1.26 bits per heavy atom. The third kappa shape index (κ3) is 6.05. The average Bonchev–Trinajstić information content (AvgIpc) is 2.41. The summed E-state index contributed by atoms with van der Waals surface area (Å²) in [5.74, 6) is 0. The van der Waals surface area contributed by atoms with Crippen LogP contribution in [0, 0.1) is 0 Å². The fourth-order valence-electron chi connectivity index (χ4n) is 1.88. The molecule has 0 radical (unpaired) electrons. The van der Waals surface area contributed by atoms with Gasteiger partial charge in [0.25, 0.3) is 0 Å². The van der Waals surface area contributed by atoms with Gasteiger partial charge in [0, 0.05) is 38.6 Å². The van der Waals surface area contributed by atoms with Gasteiger partial charge in [-0.3, -0.25) is 4.90 Å². The van der Waals surface area contributed by atoms with Crippen molar-refractivity contribution in [3.8, 4) is 0 Å². The van der Waals surface area contributed by atoms with Crippen molar-refractivity contribution in [1.29, 1.82) is 0 Å². The molecule has 0 bridgehead atoms. The molecule has 0 fully saturated rings. The molecule has 19 heavy (non-hydrogen) atoms. The van der Waals surface area contributed by atoms with E-state index in [1.54, 1.807) is 7.11 Å². The van der Waals surface area contributed by atoms with Gasteiger partial charge in [-0.05, 0) is 38.1 Å². The highest BCUT2D eigenvalue weighted by molar-refractivity contribution is 5.41. The minimum absolute atomic E-state index is 0.339. The van der Waals surface area contributed by atoms with Crippen LogP contribution in [0.15, 0.2) is 24.3 Å². The first-order valence-corrected chi connectivity index (χ1v) is 6.77. The molecule has 0 aliphatic heterocycles. The molecule has 0 saturated heterocycles. The van der Waals surface area contributed by atoms with Crippen LogP contribution in [0.2, 0.25) is 0 Å². The molecular formula is C15H26N2O2. The van der Waals surface area contributed by atoms with Gasteiger partial charge in [0.05, 0.1) is 6.61 Å². The van der Waals surface area contributed by atoms with Crippen molar-refractivity contribution in [3.63, 3.8) is 0 Å². The molecule has 0 aliphatic rings. The molecule has 0 heterocycles. The monoisotopic (exact) mass is 266 g/mol. The Bertz CT molecular complexity index is 358. The molecule has 0 amide bonds. The molecule has 0 spiro atoms. The van der Waals surface area contributed by atoms with Crippen molar-refractivity contribution >= 4 is 5.69 Å². The molecule has 0 aromatic heterocycles. The Kier molecular flexibility index (Phi) is 7.48. The summed E-state index contributed by atoms with van der Waals surface area (Å²) in [6, 6.07) is 8.38. The predicted octanol–water partition coefficient (Wildman–Crippen LogP) is 2.31. The van der Waals surface area contributed by atoms with E-state index in [1.807, 2.05) is 18.2 Å². The maximum atomic E-state index is 5.81. The highest BCUT2D eigenvalue weighted by Crippen LogP contribution is 2.20. The SMILES string of the molecule is COCCCOCCN(C)C(C)c1cccc(N)c1. The highest BCUT2D eigenvalue weighted by atomic mass is 16.5. The number of nitrogen functional groups attached to an aromatic ring is 1. The van der Waals surface area contributed by atoms with E-state index < -0.39 is 0 Å². The lowest BCUT2D eigenvalue weighted by Crippen LogP contribution is -2.26. The smallest absolute Gasteiger partial charge is 0.0593 e. The van der Waals surface area contributed by atoms with Crippen LogP contribution in [-0.4, -0.2) is 45.4 Å². The molecular weight excluding hydrogens is 240 g/mol. The Morgan fingerprint density at radius 3 is 2.74 bits per heavy atom. The van der Waals surface area contributed by atoms with Crippen LogP contribution in [0.5, 0.6) is 0 Å². The number of anilines is 1. The van der Waals surface area contributed by atoms with Crippen LogP contribution >= 0.6 is 0 Å². The zero-order chi connectivity index (χ0) is 14.1. The number of nitrogens with zero attached hydrogens (tertiary/aromatic N) is 1. The molecule has 4 nitrogen and oxygen atoms in total. The first kappa shape index (κ1) is 16.0. The van der Waals surface area contributed by atoms with Gasteiger partial charge in [0.15, 0.2) is 0 Å². The van der Waals surface area contributed by atoms with E-state index in [1.165, 1.54) is 5.56 Å². The van der Waals surface area contributed by atoms with Crippen molar-refractivity contribution in [1.82, 2.24) is 4.90 Å². The van der Waals surface area contributed by atoms with Crippen LogP contribution in [0.25, 0.3) is 0 Å². The zero-order valence-corrected chi connectivity index (χ0v) is 12.3. The van der Waals surface area contributed by atoms with E-state index in [4.69, 9.17) is 15.2 Å². The summed E-state index contributed by atoms with van der Waals surface area (Å²) < 4.78 is 10.5. The molecule has 1 rings (SSSR count). The van der Waals surface area contributed by atoms with Crippen molar-refractivity contribution in [2.24, 2.45) is 0 Å². The summed E-state index contributed by atoms with van der Waals surface area (Å²) in [5.41, 5.74) is 7.86. The van der Waals surface area contributed by atoms with Gasteiger partial charge in [-0.15, -0.1) is 0 Å². The van der Waals surface area contributed by atoms with Crippen molar-refractivity contribution < 1.29 is 9.47 Å². The maximum absolute atomic E-state index is 5.81. The van der Waals surface area contributed by atoms with Crippen molar-refractivity contribution in [2.45, 2.75) is 19.4 Å². The van der Waals surface area contributed by atoms with Gasteiger partial charge in [-0.25, -0.2) is 0 Å². The van der Waals surface area contributed by atoms with Crippen LogP contribution in [0.1, 0.15) is 24.9 Å². The van der Waals surface area contributed by atoms with Crippen molar-refractivity contribution in [3.05, 3.63) is 29.8 Å². The third-order valence-corrected chi connectivity index (χ3v) is 3.28. The van der Waals surface area contributed by atoms with Gasteiger partial charge in [-0.1, -0.05) is 12.1 Å². The molecule has 1 aromatic rings. The summed E-state index contributed by atoms with van der Waals surface area (Å²) in [7, 11) is 3.81. The lowest BCUT2D eigenvalue weighted by molar-refractivity contribution is 0.0818. The number of benzene rings is 1. The molecule has 1 unspecified atom stereocenters. The number of ether oxygens (including phenoxy) is 2. The minimum atomic E-state index is 0.339. The molecule has 0 saturated carbocycles. The van der Waals surface area contributed by atoms with Crippen LogP contribution in [0.4, 0.5) is 5.69 Å². The van der Waals surface area contributed by atoms with E-state index in [0.717, 1.165) is 38.5 Å². The largest absolute Gasteiger partial charge is 0.399 e. The molecule has 4 heteroatoms. The second-order valence-electron chi connectivity index (χ2n) is 4.79. The lowest BCUT2D eigenvalue weighted by atomic mass is 10.1. The lowest BCUT2D eigenvalue weighted by Gasteiger charge is -2.25. The second kappa shape index (κ2) is 8.91. The van der Waals surface area contributed by atoms with Crippen molar-refractivity contribution in [2.75, 3.05) is 46.3 Å². The number of nitrogens with two attached hydrogens (primary N) is 1. The average molecular weight is 266 g/mol. The predicted molar refractivity (Wildman–Crippen MR) is 79.2 cm³/mol. The quantitative estimate of drug-likeness (QED) is 0.550. The Labute approximate surface area is 116 Å². The second-order valence-corrected chi connectivity index (χ2v) is 4.79. The van der Waals surface area contributed by atoms with Gasteiger partial charge < -0.3 is 15.2 Å².